The van der Waals surface area contributed by atoms with Gasteiger partial charge in [0.1, 0.15) is 21.4 Å². The molecule has 0 aliphatic heterocycles. The van der Waals surface area contributed by atoms with Gasteiger partial charge in [0.15, 0.2) is 11.0 Å². The SMILES string of the molecule is CCOC(=O)c1sc(NC(=O)[C@@H](C)Sc2nnc(CNC(=O)c3ccc(OC)cc3)n2-c2ccccc2OC)c(C(=O)OCC)c1C. The maximum atomic E-state index is 13.5. The number of para-hydroxylation sites is 2. The van der Waals surface area contributed by atoms with Gasteiger partial charge in [0.25, 0.3) is 5.91 Å². The molecule has 2 aromatic heterocycles. The Morgan fingerprint density at radius 1 is 0.936 bits per heavy atom. The predicted octanol–water partition coefficient (Wildman–Crippen LogP) is 5.06. The van der Waals surface area contributed by atoms with Crippen molar-refractivity contribution in [2.75, 3.05) is 32.8 Å². The summed E-state index contributed by atoms with van der Waals surface area (Å²) in [4.78, 5) is 52.0. The monoisotopic (exact) mass is 681 g/mol. The molecule has 0 saturated heterocycles. The molecule has 47 heavy (non-hydrogen) atoms. The van der Waals surface area contributed by atoms with Crippen molar-refractivity contribution in [2.45, 2.75) is 44.6 Å². The molecular formula is C32H35N5O8S2. The summed E-state index contributed by atoms with van der Waals surface area (Å²) in [6.45, 7) is 6.91. The summed E-state index contributed by atoms with van der Waals surface area (Å²) in [7, 11) is 3.08. The number of nitrogens with zero attached hydrogens (tertiary/aromatic N) is 3. The molecule has 0 radical (unpaired) electrons. The van der Waals surface area contributed by atoms with Gasteiger partial charge >= 0.3 is 11.9 Å². The topological polar surface area (TPSA) is 160 Å². The number of hydrogen-bond acceptors (Lipinski definition) is 12. The van der Waals surface area contributed by atoms with Crippen LogP contribution in [-0.2, 0) is 20.8 Å². The molecule has 4 rings (SSSR count). The second-order valence-corrected chi connectivity index (χ2v) is 12.1. The van der Waals surface area contributed by atoms with Crippen molar-refractivity contribution < 1.29 is 38.1 Å². The zero-order valence-electron chi connectivity index (χ0n) is 26.7. The standard InChI is InChI=1S/C32H35N5O8S2/c1-7-44-30(40)25-18(3)26(31(41)45-8-2)47-29(25)34-27(38)19(4)46-32-36-35-24(37(32)22-11-9-10-12-23(22)43-6)17-33-28(39)20-13-15-21(42-5)16-14-20/h9-16,19H,7-8,17H2,1-6H3,(H,33,39)(H,34,38)/t19-/m1/s1. The number of benzene rings is 2. The van der Waals surface area contributed by atoms with E-state index in [2.05, 4.69) is 20.8 Å². The zero-order valence-corrected chi connectivity index (χ0v) is 28.4. The number of methoxy groups -OCH3 is 2. The average Bonchev–Trinajstić information content (AvgIpc) is 3.63. The van der Waals surface area contributed by atoms with E-state index in [0.717, 1.165) is 23.1 Å². The van der Waals surface area contributed by atoms with Gasteiger partial charge in [0.2, 0.25) is 5.91 Å². The summed E-state index contributed by atoms with van der Waals surface area (Å²) in [5.74, 6) is -0.499. The van der Waals surface area contributed by atoms with E-state index >= 15 is 0 Å². The average molecular weight is 682 g/mol. The molecule has 0 aliphatic carbocycles. The molecule has 0 saturated carbocycles. The Bertz CT molecular complexity index is 1750. The third-order valence-electron chi connectivity index (χ3n) is 6.76. The third-order valence-corrected chi connectivity index (χ3v) is 8.99. The van der Waals surface area contributed by atoms with Crippen LogP contribution in [0, 0.1) is 6.92 Å². The van der Waals surface area contributed by atoms with Crippen LogP contribution in [0.25, 0.3) is 5.69 Å². The molecule has 0 bridgehead atoms. The highest BCUT2D eigenvalue weighted by Crippen LogP contribution is 2.36. The Labute approximate surface area is 280 Å². The number of hydrogen-bond donors (Lipinski definition) is 2. The number of esters is 2. The molecule has 0 fully saturated rings. The third kappa shape index (κ3) is 8.10. The molecule has 1 atom stereocenters. The number of nitrogens with one attached hydrogen (secondary N) is 2. The van der Waals surface area contributed by atoms with Crippen LogP contribution in [0.15, 0.2) is 53.7 Å². The van der Waals surface area contributed by atoms with Crippen LogP contribution in [0.5, 0.6) is 11.5 Å². The summed E-state index contributed by atoms with van der Waals surface area (Å²) in [5, 5.41) is 14.1. The Balaban J connectivity index is 1.60. The lowest BCUT2D eigenvalue weighted by molar-refractivity contribution is -0.115. The van der Waals surface area contributed by atoms with Gasteiger partial charge < -0.3 is 29.6 Å². The first-order chi connectivity index (χ1) is 22.6. The molecule has 2 N–H and O–H groups in total. The zero-order chi connectivity index (χ0) is 34.1. The van der Waals surface area contributed by atoms with Gasteiger partial charge in [0, 0.05) is 5.56 Å². The summed E-state index contributed by atoms with van der Waals surface area (Å²) in [6.07, 6.45) is 0. The largest absolute Gasteiger partial charge is 0.497 e. The lowest BCUT2D eigenvalue weighted by Gasteiger charge is -2.16. The highest BCUT2D eigenvalue weighted by atomic mass is 32.2. The number of rotatable bonds is 14. The summed E-state index contributed by atoms with van der Waals surface area (Å²) in [6, 6.07) is 13.9. The summed E-state index contributed by atoms with van der Waals surface area (Å²) >= 11 is 2.05. The van der Waals surface area contributed by atoms with Gasteiger partial charge in [0.05, 0.1) is 50.5 Å². The van der Waals surface area contributed by atoms with Crippen molar-refractivity contribution in [1.29, 1.82) is 0 Å². The Kier molecular flexibility index (Phi) is 12.0. The van der Waals surface area contributed by atoms with E-state index in [-0.39, 0.29) is 41.1 Å². The number of carbonyl (C=O) groups is 4. The quantitative estimate of drug-likeness (QED) is 0.135. The minimum Gasteiger partial charge on any atom is -0.497 e. The van der Waals surface area contributed by atoms with Crippen LogP contribution >= 0.6 is 23.1 Å². The second-order valence-electron chi connectivity index (χ2n) is 9.77. The second kappa shape index (κ2) is 16.1. The lowest BCUT2D eigenvalue weighted by atomic mass is 10.1. The molecule has 15 heteroatoms. The van der Waals surface area contributed by atoms with E-state index < -0.39 is 23.1 Å². The first-order valence-corrected chi connectivity index (χ1v) is 16.3. The fourth-order valence-corrected chi connectivity index (χ4v) is 6.39. The van der Waals surface area contributed by atoms with Crippen molar-refractivity contribution in [3.63, 3.8) is 0 Å². The Morgan fingerprint density at radius 2 is 1.62 bits per heavy atom. The highest BCUT2D eigenvalue weighted by Gasteiger charge is 2.29. The molecule has 2 amide bonds. The van der Waals surface area contributed by atoms with Crippen LogP contribution in [0.4, 0.5) is 5.00 Å². The number of anilines is 1. The minimum absolute atomic E-state index is 0.0189. The number of amides is 2. The molecule has 0 spiro atoms. The Morgan fingerprint density at radius 3 is 2.28 bits per heavy atom. The van der Waals surface area contributed by atoms with Crippen LogP contribution in [0.1, 0.15) is 62.5 Å². The van der Waals surface area contributed by atoms with Crippen molar-refractivity contribution >= 4 is 51.9 Å². The van der Waals surface area contributed by atoms with Crippen molar-refractivity contribution in [2.24, 2.45) is 0 Å². The molecule has 0 aliphatic rings. The summed E-state index contributed by atoms with van der Waals surface area (Å²) in [5.41, 5.74) is 1.49. The van der Waals surface area contributed by atoms with E-state index in [4.69, 9.17) is 18.9 Å². The first-order valence-electron chi connectivity index (χ1n) is 14.6. The maximum Gasteiger partial charge on any atom is 0.348 e. The van der Waals surface area contributed by atoms with E-state index in [9.17, 15) is 19.2 Å². The van der Waals surface area contributed by atoms with Gasteiger partial charge in [-0.25, -0.2) is 9.59 Å². The van der Waals surface area contributed by atoms with Crippen molar-refractivity contribution in [3.8, 4) is 17.2 Å². The normalized spacial score (nSPS) is 11.4. The van der Waals surface area contributed by atoms with Gasteiger partial charge in [-0.15, -0.1) is 21.5 Å². The number of aromatic nitrogens is 3. The smallest absolute Gasteiger partial charge is 0.348 e. The minimum atomic E-state index is -0.752. The molecular weight excluding hydrogens is 647 g/mol. The van der Waals surface area contributed by atoms with Gasteiger partial charge in [-0.3, -0.25) is 14.2 Å². The van der Waals surface area contributed by atoms with E-state index in [1.807, 2.05) is 18.2 Å². The molecule has 0 unspecified atom stereocenters. The molecule has 2 heterocycles. The van der Waals surface area contributed by atoms with Crippen LogP contribution < -0.4 is 20.1 Å². The van der Waals surface area contributed by atoms with Crippen LogP contribution in [0.3, 0.4) is 0 Å². The number of thioether (sulfide) groups is 1. The van der Waals surface area contributed by atoms with Crippen molar-refractivity contribution in [1.82, 2.24) is 20.1 Å². The highest BCUT2D eigenvalue weighted by molar-refractivity contribution is 8.00. The Hall–Kier alpha value is -4.89. The van der Waals surface area contributed by atoms with Crippen LogP contribution in [0.2, 0.25) is 0 Å². The fraction of sp³-hybridized carbons (Fsp3) is 0.312. The van der Waals surface area contributed by atoms with E-state index in [1.165, 1.54) is 7.11 Å². The lowest BCUT2D eigenvalue weighted by Crippen LogP contribution is -2.25. The van der Waals surface area contributed by atoms with Crippen molar-refractivity contribution in [3.05, 3.63) is 75.9 Å². The molecule has 4 aromatic rings. The van der Waals surface area contributed by atoms with Gasteiger partial charge in [-0.2, -0.15) is 0 Å². The first kappa shape index (κ1) is 35.0. The molecule has 248 valence electrons. The van der Waals surface area contributed by atoms with Crippen LogP contribution in [-0.4, -0.2) is 71.2 Å². The predicted molar refractivity (Wildman–Crippen MR) is 177 cm³/mol. The maximum absolute atomic E-state index is 13.5. The van der Waals surface area contributed by atoms with E-state index in [0.29, 0.717) is 39.3 Å². The summed E-state index contributed by atoms with van der Waals surface area (Å²) < 4.78 is 22.8. The van der Waals surface area contributed by atoms with E-state index in [1.54, 1.807) is 69.7 Å². The van der Waals surface area contributed by atoms with Gasteiger partial charge in [-0.1, -0.05) is 23.9 Å². The number of thiophene rings is 1. The number of carbonyl (C=O) groups excluding carboxylic acids is 4. The molecule has 2 aromatic carbocycles. The van der Waals surface area contributed by atoms with Gasteiger partial charge in [-0.05, 0) is 69.7 Å². The number of ether oxygens (including phenoxy) is 4. The molecule has 13 nitrogen and oxygen atoms in total. The fourth-order valence-electron chi connectivity index (χ4n) is 4.42.